The van der Waals surface area contributed by atoms with Crippen LogP contribution in [0.4, 0.5) is 0 Å². The Labute approximate surface area is 190 Å². The highest BCUT2D eigenvalue weighted by Gasteiger charge is 2.11. The Morgan fingerprint density at radius 2 is 1.59 bits per heavy atom. The third kappa shape index (κ3) is 5.86. The Hall–Kier alpha value is -3.37. The number of ether oxygens (including phenoxy) is 2. The summed E-state index contributed by atoms with van der Waals surface area (Å²) < 4.78 is 11.0. The van der Waals surface area contributed by atoms with Crippen molar-refractivity contribution in [1.82, 2.24) is 0 Å². The number of carbonyl (C=O) groups excluding carboxylic acids is 1. The zero-order valence-electron chi connectivity index (χ0n) is 19.0. The number of rotatable bonds is 9. The third-order valence-corrected chi connectivity index (χ3v) is 5.28. The van der Waals surface area contributed by atoms with Gasteiger partial charge in [0.1, 0.15) is 12.4 Å². The van der Waals surface area contributed by atoms with Crippen LogP contribution < -0.4 is 4.74 Å². The fraction of sp³-hybridized carbons (Fsp3) is 0.250. The lowest BCUT2D eigenvalue weighted by atomic mass is 9.94. The molecule has 0 bridgehead atoms. The van der Waals surface area contributed by atoms with Crippen molar-refractivity contribution in [3.05, 3.63) is 89.5 Å². The number of aliphatic hydroxyl groups excluding tert-OH is 1. The van der Waals surface area contributed by atoms with Crippen molar-refractivity contribution < 1.29 is 19.4 Å². The van der Waals surface area contributed by atoms with E-state index in [-0.39, 0.29) is 19.8 Å². The smallest absolute Gasteiger partial charge is 0.333 e. The standard InChI is InChI=1S/C28H30O4/c1-19(2)28(30)32-15-13-25-18-24(10-12-27(25)31-16-14-29)26-11-9-23(17-21(26)4)22-7-5-20(3)6-8-22/h5-12,17-18,29H,1,13-16H2,2-4H3. The zero-order valence-corrected chi connectivity index (χ0v) is 19.0. The molecule has 3 rings (SSSR count). The Morgan fingerprint density at radius 3 is 2.25 bits per heavy atom. The van der Waals surface area contributed by atoms with Gasteiger partial charge in [-0.25, -0.2) is 4.79 Å². The summed E-state index contributed by atoms with van der Waals surface area (Å²) in [5, 5.41) is 9.13. The van der Waals surface area contributed by atoms with Gasteiger partial charge in [0, 0.05) is 12.0 Å². The molecule has 4 heteroatoms. The summed E-state index contributed by atoms with van der Waals surface area (Å²) in [5.74, 6) is 0.282. The molecule has 166 valence electrons. The highest BCUT2D eigenvalue weighted by atomic mass is 16.5. The molecule has 0 aliphatic carbocycles. The molecular formula is C28H30O4. The maximum absolute atomic E-state index is 11.7. The lowest BCUT2D eigenvalue weighted by molar-refractivity contribution is -0.138. The predicted molar refractivity (Wildman–Crippen MR) is 129 cm³/mol. The molecule has 0 fully saturated rings. The van der Waals surface area contributed by atoms with E-state index >= 15 is 0 Å². The van der Waals surface area contributed by atoms with E-state index in [9.17, 15) is 4.79 Å². The Balaban J connectivity index is 1.87. The van der Waals surface area contributed by atoms with Crippen molar-refractivity contribution in [2.24, 2.45) is 0 Å². The molecule has 0 radical (unpaired) electrons. The van der Waals surface area contributed by atoms with Crippen molar-refractivity contribution in [3.8, 4) is 28.0 Å². The summed E-state index contributed by atoms with van der Waals surface area (Å²) in [4.78, 5) is 11.7. The normalized spacial score (nSPS) is 10.6. The molecule has 0 spiro atoms. The molecule has 32 heavy (non-hydrogen) atoms. The molecule has 0 aromatic heterocycles. The molecule has 1 N–H and O–H groups in total. The van der Waals surface area contributed by atoms with Gasteiger partial charge in [-0.05, 0) is 66.3 Å². The first-order valence-electron chi connectivity index (χ1n) is 10.8. The monoisotopic (exact) mass is 430 g/mol. The molecule has 0 unspecified atom stereocenters. The van der Waals surface area contributed by atoms with Crippen molar-refractivity contribution in [2.45, 2.75) is 27.2 Å². The van der Waals surface area contributed by atoms with E-state index in [1.54, 1.807) is 6.92 Å². The second-order valence-corrected chi connectivity index (χ2v) is 7.96. The molecule has 0 aliphatic heterocycles. The first-order chi connectivity index (χ1) is 15.4. The van der Waals surface area contributed by atoms with E-state index in [2.05, 4.69) is 69.0 Å². The Bertz CT molecular complexity index is 1100. The molecule has 3 aromatic rings. The largest absolute Gasteiger partial charge is 0.491 e. The van der Waals surface area contributed by atoms with Gasteiger partial charge in [0.15, 0.2) is 0 Å². The van der Waals surface area contributed by atoms with Crippen LogP contribution in [0.5, 0.6) is 5.75 Å². The summed E-state index contributed by atoms with van der Waals surface area (Å²) in [6.07, 6.45) is 0.508. The second kappa shape index (κ2) is 10.8. The molecule has 0 saturated heterocycles. The average Bonchev–Trinajstić information content (AvgIpc) is 2.78. The van der Waals surface area contributed by atoms with Crippen molar-refractivity contribution in [3.63, 3.8) is 0 Å². The highest BCUT2D eigenvalue weighted by molar-refractivity contribution is 5.86. The predicted octanol–water partition coefficient (Wildman–Crippen LogP) is 5.67. The van der Waals surface area contributed by atoms with Crippen LogP contribution >= 0.6 is 0 Å². The van der Waals surface area contributed by atoms with Gasteiger partial charge in [-0.3, -0.25) is 0 Å². The Kier molecular flexibility index (Phi) is 7.85. The van der Waals surface area contributed by atoms with Crippen LogP contribution in [-0.4, -0.2) is 30.9 Å². The number of aliphatic hydroxyl groups is 1. The molecular weight excluding hydrogens is 400 g/mol. The maximum Gasteiger partial charge on any atom is 0.333 e. The van der Waals surface area contributed by atoms with Gasteiger partial charge >= 0.3 is 5.97 Å². The number of carbonyl (C=O) groups is 1. The summed E-state index contributed by atoms with van der Waals surface area (Å²) in [6.45, 7) is 9.81. The van der Waals surface area contributed by atoms with Crippen LogP contribution in [0, 0.1) is 13.8 Å². The first-order valence-corrected chi connectivity index (χ1v) is 10.8. The van der Waals surface area contributed by atoms with Crippen LogP contribution in [0.2, 0.25) is 0 Å². The van der Waals surface area contributed by atoms with Gasteiger partial charge in [0.05, 0.1) is 13.2 Å². The van der Waals surface area contributed by atoms with Crippen LogP contribution in [0.3, 0.4) is 0 Å². The second-order valence-electron chi connectivity index (χ2n) is 7.96. The summed E-state index contributed by atoms with van der Waals surface area (Å²) in [6, 6.07) is 21.0. The van der Waals surface area contributed by atoms with Gasteiger partial charge in [-0.15, -0.1) is 0 Å². The molecule has 0 heterocycles. The summed E-state index contributed by atoms with van der Waals surface area (Å²) in [5.41, 5.74) is 8.29. The van der Waals surface area contributed by atoms with Crippen molar-refractivity contribution in [1.29, 1.82) is 0 Å². The van der Waals surface area contributed by atoms with Gasteiger partial charge in [-0.1, -0.05) is 60.7 Å². The fourth-order valence-corrected chi connectivity index (χ4v) is 3.53. The van der Waals surface area contributed by atoms with E-state index in [0.717, 1.165) is 16.7 Å². The molecule has 0 atom stereocenters. The van der Waals surface area contributed by atoms with E-state index in [0.29, 0.717) is 17.7 Å². The third-order valence-electron chi connectivity index (χ3n) is 5.28. The van der Waals surface area contributed by atoms with Gasteiger partial charge in [0.2, 0.25) is 0 Å². The molecule has 0 aliphatic rings. The molecule has 4 nitrogen and oxygen atoms in total. The van der Waals surface area contributed by atoms with Crippen LogP contribution in [0.1, 0.15) is 23.6 Å². The number of hydrogen-bond acceptors (Lipinski definition) is 4. The number of hydrogen-bond donors (Lipinski definition) is 1. The lowest BCUT2D eigenvalue weighted by Gasteiger charge is -2.15. The molecule has 0 saturated carbocycles. The van der Waals surface area contributed by atoms with Crippen molar-refractivity contribution in [2.75, 3.05) is 19.8 Å². The number of esters is 1. The minimum atomic E-state index is -0.401. The van der Waals surface area contributed by atoms with Crippen LogP contribution in [0.15, 0.2) is 72.8 Å². The topological polar surface area (TPSA) is 55.8 Å². The van der Waals surface area contributed by atoms with Crippen molar-refractivity contribution >= 4 is 5.97 Å². The SMILES string of the molecule is C=C(C)C(=O)OCCc1cc(-c2ccc(-c3ccc(C)cc3)cc2C)ccc1OCCO. The average molecular weight is 431 g/mol. The Morgan fingerprint density at radius 1 is 0.906 bits per heavy atom. The van der Waals surface area contributed by atoms with E-state index < -0.39 is 5.97 Å². The summed E-state index contributed by atoms with van der Waals surface area (Å²) in [7, 11) is 0. The van der Waals surface area contributed by atoms with Crippen LogP contribution in [0.25, 0.3) is 22.3 Å². The van der Waals surface area contributed by atoms with E-state index in [4.69, 9.17) is 14.6 Å². The lowest BCUT2D eigenvalue weighted by Crippen LogP contribution is -2.10. The zero-order chi connectivity index (χ0) is 23.1. The minimum Gasteiger partial charge on any atom is -0.491 e. The quantitative estimate of drug-likeness (QED) is 0.351. The first kappa shape index (κ1) is 23.3. The summed E-state index contributed by atoms with van der Waals surface area (Å²) >= 11 is 0. The number of aryl methyl sites for hydroxylation is 2. The fourth-order valence-electron chi connectivity index (χ4n) is 3.53. The highest BCUT2D eigenvalue weighted by Crippen LogP contribution is 2.32. The van der Waals surface area contributed by atoms with Gasteiger partial charge in [-0.2, -0.15) is 0 Å². The van der Waals surface area contributed by atoms with Gasteiger partial charge < -0.3 is 14.6 Å². The van der Waals surface area contributed by atoms with Gasteiger partial charge in [0.25, 0.3) is 0 Å². The maximum atomic E-state index is 11.7. The van der Waals surface area contributed by atoms with Crippen LogP contribution in [-0.2, 0) is 16.0 Å². The molecule has 3 aromatic carbocycles. The van der Waals surface area contributed by atoms with E-state index in [1.165, 1.54) is 22.3 Å². The minimum absolute atomic E-state index is 0.0641. The number of benzene rings is 3. The molecule has 0 amide bonds. The van der Waals surface area contributed by atoms with E-state index in [1.807, 2.05) is 12.1 Å².